The second kappa shape index (κ2) is 12.2. The molecule has 0 heterocycles. The van der Waals surface area contributed by atoms with Crippen molar-refractivity contribution < 1.29 is 28.0 Å². The number of rotatable bonds is 13. The molecule has 0 aliphatic carbocycles. The van der Waals surface area contributed by atoms with E-state index in [-0.39, 0.29) is 17.6 Å². The average Bonchev–Trinajstić information content (AvgIpc) is 2.54. The maximum atomic E-state index is 11.8. The number of nitrogens with zero attached hydrogens (tertiary/aromatic N) is 2. The number of ether oxygens (including phenoxy) is 2. The van der Waals surface area contributed by atoms with Crippen LogP contribution in [0.25, 0.3) is 0 Å². The Kier molecular flexibility index (Phi) is 11.6. The summed E-state index contributed by atoms with van der Waals surface area (Å²) in [6.45, 7) is 9.87. The van der Waals surface area contributed by atoms with Gasteiger partial charge in [0.25, 0.3) is 0 Å². The molecule has 0 aromatic carbocycles. The first-order chi connectivity index (χ1) is 13.1. The highest BCUT2D eigenvalue weighted by atomic mass is 16.6. The molecule has 2 amide bonds. The van der Waals surface area contributed by atoms with Gasteiger partial charge in [-0.05, 0) is 24.2 Å². The molecule has 0 aliphatic rings. The normalized spacial score (nSPS) is 13.6. The van der Waals surface area contributed by atoms with Gasteiger partial charge in [-0.2, -0.15) is 0 Å². The van der Waals surface area contributed by atoms with Crippen molar-refractivity contribution in [1.29, 1.82) is 0 Å². The van der Waals surface area contributed by atoms with E-state index in [1.54, 1.807) is 0 Å². The highest BCUT2D eigenvalue weighted by molar-refractivity contribution is 5.67. The lowest BCUT2D eigenvalue weighted by Gasteiger charge is -2.27. The first-order valence-corrected chi connectivity index (χ1v) is 10.5. The first-order valence-electron chi connectivity index (χ1n) is 10.5. The van der Waals surface area contributed by atoms with Gasteiger partial charge in [0.05, 0.1) is 42.3 Å². The molecule has 0 aromatic rings. The molecule has 1 unspecified atom stereocenters. The molecule has 0 spiro atoms. The van der Waals surface area contributed by atoms with Gasteiger partial charge in [0.2, 0.25) is 0 Å². The Morgan fingerprint density at radius 2 is 1.31 bits per heavy atom. The van der Waals surface area contributed by atoms with Gasteiger partial charge in [-0.1, -0.05) is 20.8 Å². The third-order valence-corrected chi connectivity index (χ3v) is 4.61. The SMILES string of the molecule is CC(CCC(C)(C)CNC(=O)OCC[N+](C)(C)C)CNC(=O)OCC[N+](C)(C)C. The third kappa shape index (κ3) is 18.2. The molecule has 29 heavy (non-hydrogen) atoms. The Morgan fingerprint density at radius 3 is 1.76 bits per heavy atom. The van der Waals surface area contributed by atoms with Crippen LogP contribution in [-0.4, -0.2) is 103 Å². The fourth-order valence-electron chi connectivity index (χ4n) is 2.32. The van der Waals surface area contributed by atoms with E-state index in [9.17, 15) is 9.59 Å². The van der Waals surface area contributed by atoms with Crippen LogP contribution in [0.15, 0.2) is 0 Å². The minimum absolute atomic E-state index is 0.0432. The summed E-state index contributed by atoms with van der Waals surface area (Å²) in [5, 5.41) is 5.69. The zero-order valence-electron chi connectivity index (χ0n) is 20.3. The summed E-state index contributed by atoms with van der Waals surface area (Å²) in [5.74, 6) is 0.330. The zero-order chi connectivity index (χ0) is 22.7. The lowest BCUT2D eigenvalue weighted by atomic mass is 9.85. The fourth-order valence-corrected chi connectivity index (χ4v) is 2.32. The van der Waals surface area contributed by atoms with E-state index in [1.165, 1.54) is 0 Å². The van der Waals surface area contributed by atoms with Crippen molar-refractivity contribution in [2.45, 2.75) is 33.6 Å². The van der Waals surface area contributed by atoms with E-state index >= 15 is 0 Å². The van der Waals surface area contributed by atoms with Crippen LogP contribution in [0.3, 0.4) is 0 Å². The molecule has 0 rings (SSSR count). The van der Waals surface area contributed by atoms with Gasteiger partial charge in [-0.15, -0.1) is 0 Å². The molecule has 172 valence electrons. The van der Waals surface area contributed by atoms with Gasteiger partial charge in [0.15, 0.2) is 0 Å². The summed E-state index contributed by atoms with van der Waals surface area (Å²) in [7, 11) is 12.4. The number of hydrogen-bond acceptors (Lipinski definition) is 4. The number of alkyl carbamates (subject to hydrolysis) is 2. The Balaban J connectivity index is 3.98. The molecule has 0 aliphatic heterocycles. The zero-order valence-corrected chi connectivity index (χ0v) is 20.3. The molecule has 0 aromatic heterocycles. The van der Waals surface area contributed by atoms with E-state index < -0.39 is 0 Å². The number of quaternary nitrogens is 2. The predicted octanol–water partition coefficient (Wildman–Crippen LogP) is 2.29. The molecule has 1 atom stereocenters. The van der Waals surface area contributed by atoms with Gasteiger partial charge >= 0.3 is 12.2 Å². The Labute approximate surface area is 178 Å². The van der Waals surface area contributed by atoms with Crippen LogP contribution in [0.2, 0.25) is 0 Å². The number of nitrogens with one attached hydrogen (secondary N) is 2. The molecule has 0 radical (unpaired) electrons. The van der Waals surface area contributed by atoms with E-state index in [2.05, 4.69) is 73.7 Å². The number of hydrogen-bond donors (Lipinski definition) is 2. The Bertz CT molecular complexity index is 496. The minimum atomic E-state index is -0.363. The molecule has 0 saturated carbocycles. The average molecular weight is 419 g/mol. The highest BCUT2D eigenvalue weighted by Gasteiger charge is 2.21. The lowest BCUT2D eigenvalue weighted by molar-refractivity contribution is -0.870. The van der Waals surface area contributed by atoms with Gasteiger partial charge in [-0.3, -0.25) is 0 Å². The van der Waals surface area contributed by atoms with Crippen LogP contribution in [0.1, 0.15) is 33.6 Å². The molecule has 0 bridgehead atoms. The largest absolute Gasteiger partial charge is 0.444 e. The summed E-state index contributed by atoms with van der Waals surface area (Å²) in [5.41, 5.74) is -0.0432. The molecule has 8 nitrogen and oxygen atoms in total. The third-order valence-electron chi connectivity index (χ3n) is 4.61. The van der Waals surface area contributed by atoms with Gasteiger partial charge in [-0.25, -0.2) is 9.59 Å². The molecule has 0 fully saturated rings. The highest BCUT2D eigenvalue weighted by Crippen LogP contribution is 2.23. The second-order valence-electron chi connectivity index (χ2n) is 10.8. The van der Waals surface area contributed by atoms with E-state index in [4.69, 9.17) is 9.47 Å². The van der Waals surface area contributed by atoms with Crippen molar-refractivity contribution in [3.05, 3.63) is 0 Å². The Hall–Kier alpha value is -1.54. The van der Waals surface area contributed by atoms with Crippen molar-refractivity contribution in [2.75, 3.05) is 81.7 Å². The van der Waals surface area contributed by atoms with Crippen LogP contribution < -0.4 is 10.6 Å². The molecule has 0 saturated heterocycles. The number of amides is 2. The smallest absolute Gasteiger partial charge is 0.407 e. The summed E-state index contributed by atoms with van der Waals surface area (Å²) in [6.07, 6.45) is 1.16. The van der Waals surface area contributed by atoms with Crippen molar-refractivity contribution in [1.82, 2.24) is 10.6 Å². The van der Waals surface area contributed by atoms with E-state index in [1.807, 2.05) is 0 Å². The van der Waals surface area contributed by atoms with Gasteiger partial charge in [0.1, 0.15) is 26.3 Å². The molecule has 8 heteroatoms. The number of carbonyl (C=O) groups is 2. The first kappa shape index (κ1) is 27.5. The Morgan fingerprint density at radius 1 is 0.862 bits per heavy atom. The van der Waals surface area contributed by atoms with Gasteiger partial charge < -0.3 is 29.1 Å². The molecular weight excluding hydrogens is 372 g/mol. The van der Waals surface area contributed by atoms with Crippen LogP contribution in [0.4, 0.5) is 9.59 Å². The summed E-state index contributed by atoms with van der Waals surface area (Å²) in [6, 6.07) is 0. The molecular formula is C21H46N4O4+2. The predicted molar refractivity (Wildman–Crippen MR) is 117 cm³/mol. The van der Waals surface area contributed by atoms with Crippen molar-refractivity contribution in [2.24, 2.45) is 11.3 Å². The van der Waals surface area contributed by atoms with Crippen LogP contribution in [0, 0.1) is 11.3 Å². The minimum Gasteiger partial charge on any atom is -0.444 e. The quantitative estimate of drug-likeness (QED) is 0.450. The summed E-state index contributed by atoms with van der Waals surface area (Å²) in [4.78, 5) is 23.6. The fraction of sp³-hybridized carbons (Fsp3) is 0.905. The van der Waals surface area contributed by atoms with E-state index in [0.29, 0.717) is 32.2 Å². The molecule has 2 N–H and O–H groups in total. The summed E-state index contributed by atoms with van der Waals surface area (Å²) >= 11 is 0. The standard InChI is InChI=1S/C21H44N4O4/c1-18(16-22-19(26)28-14-12-24(4,5)6)10-11-21(2,3)17-23-20(27)29-15-13-25(7,8)9/h18H,10-17H2,1-9H3/p+2. The van der Waals surface area contributed by atoms with Crippen LogP contribution in [-0.2, 0) is 9.47 Å². The van der Waals surface area contributed by atoms with Crippen molar-refractivity contribution in [3.8, 4) is 0 Å². The maximum absolute atomic E-state index is 11.8. The van der Waals surface area contributed by atoms with Crippen molar-refractivity contribution in [3.63, 3.8) is 0 Å². The monoisotopic (exact) mass is 418 g/mol. The number of carbonyl (C=O) groups excluding carboxylic acids is 2. The number of likely N-dealkylation sites (N-methyl/N-ethyl adjacent to an activating group) is 2. The lowest BCUT2D eigenvalue weighted by Crippen LogP contribution is -2.40. The van der Waals surface area contributed by atoms with Gasteiger partial charge in [0, 0.05) is 13.1 Å². The maximum Gasteiger partial charge on any atom is 0.407 e. The van der Waals surface area contributed by atoms with Crippen LogP contribution >= 0.6 is 0 Å². The van der Waals surface area contributed by atoms with Crippen molar-refractivity contribution >= 4 is 12.2 Å². The summed E-state index contributed by atoms with van der Waals surface area (Å²) < 4.78 is 12.0. The second-order valence-corrected chi connectivity index (χ2v) is 10.8. The topological polar surface area (TPSA) is 76.7 Å². The van der Waals surface area contributed by atoms with E-state index in [0.717, 1.165) is 34.9 Å². The van der Waals surface area contributed by atoms with Crippen LogP contribution in [0.5, 0.6) is 0 Å².